The average Bonchev–Trinajstić information content (AvgIpc) is 2.39. The minimum absolute atomic E-state index is 0. The number of nitrogens with one attached hydrogen (secondary N) is 1. The van der Waals surface area contributed by atoms with Crippen molar-refractivity contribution in [1.29, 1.82) is 0 Å². The van der Waals surface area contributed by atoms with E-state index in [-0.39, 0.29) is 29.6 Å². The summed E-state index contributed by atoms with van der Waals surface area (Å²) in [6, 6.07) is 3.05. The fraction of sp³-hybridized carbons (Fsp3) is 0.500. The molecule has 19 heavy (non-hydrogen) atoms. The van der Waals surface area contributed by atoms with E-state index in [1.54, 1.807) is 0 Å². The predicted molar refractivity (Wildman–Crippen MR) is 72.8 cm³/mol. The number of rotatable bonds is 3. The molecule has 1 aliphatic rings. The monoisotopic (exact) mass is 289 g/mol. The van der Waals surface area contributed by atoms with Crippen LogP contribution in [-0.4, -0.2) is 18.0 Å². The average molecular weight is 290 g/mol. The Morgan fingerprint density at radius 2 is 2.05 bits per heavy atom. The summed E-state index contributed by atoms with van der Waals surface area (Å²) in [5.41, 5.74) is 6.18. The molecule has 0 bridgehead atoms. The number of piperidine rings is 1. The van der Waals surface area contributed by atoms with Crippen molar-refractivity contribution in [1.82, 2.24) is 5.32 Å². The highest BCUT2D eigenvalue weighted by atomic mass is 35.5. The van der Waals surface area contributed by atoms with Gasteiger partial charge in [0.05, 0.1) is 4.92 Å². The molecule has 3 N–H and O–H groups in total. The van der Waals surface area contributed by atoms with Gasteiger partial charge >= 0.3 is 0 Å². The van der Waals surface area contributed by atoms with Gasteiger partial charge < -0.3 is 11.1 Å². The smallest absolute Gasteiger partial charge is 0.269 e. The molecule has 0 spiro atoms. The van der Waals surface area contributed by atoms with Crippen LogP contribution < -0.4 is 11.1 Å². The van der Waals surface area contributed by atoms with Gasteiger partial charge in [-0.1, -0.05) is 0 Å². The first-order valence-corrected chi connectivity index (χ1v) is 5.99. The summed E-state index contributed by atoms with van der Waals surface area (Å²) in [6.07, 6.45) is 1.73. The predicted octanol–water partition coefficient (Wildman–Crippen LogP) is 2.16. The first kappa shape index (κ1) is 15.8. The van der Waals surface area contributed by atoms with Crippen LogP contribution in [0.2, 0.25) is 0 Å². The van der Waals surface area contributed by atoms with Crippen molar-refractivity contribution in [2.45, 2.75) is 18.9 Å². The van der Waals surface area contributed by atoms with Crippen molar-refractivity contribution >= 4 is 18.1 Å². The zero-order valence-electron chi connectivity index (χ0n) is 10.3. The number of benzene rings is 1. The number of hydrogen-bond donors (Lipinski definition) is 2. The molecular weight excluding hydrogens is 273 g/mol. The van der Waals surface area contributed by atoms with Crippen LogP contribution in [0.25, 0.3) is 0 Å². The van der Waals surface area contributed by atoms with E-state index < -0.39 is 16.8 Å². The zero-order chi connectivity index (χ0) is 13.1. The van der Waals surface area contributed by atoms with Crippen LogP contribution in [0.15, 0.2) is 18.2 Å². The Hall–Kier alpha value is -1.24. The standard InChI is InChI=1S/C12H16FN3O2.ClH/c13-11-2-1-9(16(17)18)7-10(11)12(14)8-3-5-15-6-4-8;/h1-2,7-8,12,15H,3-6,14H2;1H/t12-;/m1./s1. The molecule has 0 aliphatic carbocycles. The second kappa shape index (κ2) is 6.79. The maximum Gasteiger partial charge on any atom is 0.269 e. The third-order valence-corrected chi connectivity index (χ3v) is 3.44. The number of hydrogen-bond acceptors (Lipinski definition) is 4. The Morgan fingerprint density at radius 1 is 1.42 bits per heavy atom. The largest absolute Gasteiger partial charge is 0.324 e. The number of nitro benzene ring substituents is 1. The maximum atomic E-state index is 13.7. The van der Waals surface area contributed by atoms with Gasteiger partial charge in [0.1, 0.15) is 5.82 Å². The van der Waals surface area contributed by atoms with Gasteiger partial charge in [0, 0.05) is 23.7 Å². The summed E-state index contributed by atoms with van der Waals surface area (Å²) in [6.45, 7) is 1.71. The van der Waals surface area contributed by atoms with Gasteiger partial charge in [-0.15, -0.1) is 12.4 Å². The molecule has 1 aliphatic heterocycles. The van der Waals surface area contributed by atoms with E-state index in [0.29, 0.717) is 0 Å². The maximum absolute atomic E-state index is 13.7. The molecule has 1 saturated heterocycles. The van der Waals surface area contributed by atoms with Crippen LogP contribution >= 0.6 is 12.4 Å². The summed E-state index contributed by atoms with van der Waals surface area (Å²) in [5, 5.41) is 13.9. The summed E-state index contributed by atoms with van der Waals surface area (Å²) >= 11 is 0. The molecule has 5 nitrogen and oxygen atoms in total. The molecule has 1 fully saturated rings. The Morgan fingerprint density at radius 3 is 2.63 bits per heavy atom. The van der Waals surface area contributed by atoms with Gasteiger partial charge in [0.15, 0.2) is 0 Å². The molecule has 7 heteroatoms. The van der Waals surface area contributed by atoms with E-state index in [9.17, 15) is 14.5 Å². The lowest BCUT2D eigenvalue weighted by molar-refractivity contribution is -0.385. The van der Waals surface area contributed by atoms with Crippen molar-refractivity contribution in [3.63, 3.8) is 0 Å². The number of halogens is 2. The topological polar surface area (TPSA) is 81.2 Å². The quantitative estimate of drug-likeness (QED) is 0.660. The Labute approximate surface area is 116 Å². The fourth-order valence-electron chi connectivity index (χ4n) is 2.36. The van der Waals surface area contributed by atoms with Crippen LogP contribution in [0.3, 0.4) is 0 Å². The van der Waals surface area contributed by atoms with E-state index in [2.05, 4.69) is 5.32 Å². The van der Waals surface area contributed by atoms with Gasteiger partial charge in [-0.25, -0.2) is 4.39 Å². The van der Waals surface area contributed by atoms with E-state index >= 15 is 0 Å². The molecule has 0 radical (unpaired) electrons. The molecule has 1 atom stereocenters. The number of nitrogens with zero attached hydrogens (tertiary/aromatic N) is 1. The fourth-order valence-corrected chi connectivity index (χ4v) is 2.36. The van der Waals surface area contributed by atoms with Crippen LogP contribution in [0.1, 0.15) is 24.4 Å². The number of nitro groups is 1. The van der Waals surface area contributed by atoms with Gasteiger partial charge in [-0.05, 0) is 37.9 Å². The summed E-state index contributed by atoms with van der Waals surface area (Å²) in [5.74, 6) is -0.297. The summed E-state index contributed by atoms with van der Waals surface area (Å²) in [7, 11) is 0. The van der Waals surface area contributed by atoms with Crippen molar-refractivity contribution in [2.24, 2.45) is 11.7 Å². The molecule has 0 amide bonds. The third kappa shape index (κ3) is 3.62. The lowest BCUT2D eigenvalue weighted by atomic mass is 9.86. The molecule has 2 rings (SSSR count). The van der Waals surface area contributed by atoms with Crippen LogP contribution in [-0.2, 0) is 0 Å². The van der Waals surface area contributed by atoms with Gasteiger partial charge in [0.2, 0.25) is 0 Å². The lowest BCUT2D eigenvalue weighted by Crippen LogP contribution is -2.34. The van der Waals surface area contributed by atoms with Gasteiger partial charge in [-0.3, -0.25) is 10.1 Å². The lowest BCUT2D eigenvalue weighted by Gasteiger charge is -2.28. The molecule has 0 saturated carbocycles. The molecule has 0 aromatic heterocycles. The second-order valence-corrected chi connectivity index (χ2v) is 4.58. The van der Waals surface area contributed by atoms with Crippen LogP contribution in [0, 0.1) is 21.8 Å². The van der Waals surface area contributed by atoms with E-state index in [0.717, 1.165) is 38.1 Å². The highest BCUT2D eigenvalue weighted by Gasteiger charge is 2.25. The molecule has 106 valence electrons. The minimum atomic E-state index is -0.530. The number of nitrogens with two attached hydrogens (primary N) is 1. The van der Waals surface area contributed by atoms with E-state index in [1.165, 1.54) is 6.07 Å². The Balaban J connectivity index is 0.00000180. The van der Waals surface area contributed by atoms with Crippen molar-refractivity contribution in [2.75, 3.05) is 13.1 Å². The number of non-ortho nitro benzene ring substituents is 1. The third-order valence-electron chi connectivity index (χ3n) is 3.44. The second-order valence-electron chi connectivity index (χ2n) is 4.58. The van der Waals surface area contributed by atoms with Crippen molar-refractivity contribution < 1.29 is 9.31 Å². The van der Waals surface area contributed by atoms with Crippen molar-refractivity contribution in [3.8, 4) is 0 Å². The van der Waals surface area contributed by atoms with Crippen molar-refractivity contribution in [3.05, 3.63) is 39.7 Å². The van der Waals surface area contributed by atoms with E-state index in [4.69, 9.17) is 5.73 Å². The summed E-state index contributed by atoms with van der Waals surface area (Å²) in [4.78, 5) is 10.2. The van der Waals surface area contributed by atoms with Gasteiger partial charge in [-0.2, -0.15) is 0 Å². The normalized spacial score (nSPS) is 17.6. The highest BCUT2D eigenvalue weighted by Crippen LogP contribution is 2.30. The molecule has 0 unspecified atom stereocenters. The SMILES string of the molecule is Cl.N[C@@H](c1cc([N+](=O)[O-])ccc1F)C1CCNCC1. The molecule has 1 aromatic carbocycles. The highest BCUT2D eigenvalue weighted by molar-refractivity contribution is 5.85. The Kier molecular flexibility index (Phi) is 5.65. The van der Waals surface area contributed by atoms with E-state index in [1.807, 2.05) is 0 Å². The van der Waals surface area contributed by atoms with Gasteiger partial charge in [0.25, 0.3) is 5.69 Å². The molecule has 1 heterocycles. The summed E-state index contributed by atoms with van der Waals surface area (Å²) < 4.78 is 13.7. The van der Waals surface area contributed by atoms with Crippen LogP contribution in [0.4, 0.5) is 10.1 Å². The zero-order valence-corrected chi connectivity index (χ0v) is 11.2. The van der Waals surface area contributed by atoms with Crippen LogP contribution in [0.5, 0.6) is 0 Å². The first-order chi connectivity index (χ1) is 8.59. The molecule has 1 aromatic rings. The molecular formula is C12H17ClFN3O2. The first-order valence-electron chi connectivity index (χ1n) is 5.99. The minimum Gasteiger partial charge on any atom is -0.324 e. The Bertz CT molecular complexity index is 453.